The predicted octanol–water partition coefficient (Wildman–Crippen LogP) is 4.22. The van der Waals surface area contributed by atoms with E-state index in [4.69, 9.17) is 10.5 Å². The summed E-state index contributed by atoms with van der Waals surface area (Å²) in [6.07, 6.45) is -0.361. The first kappa shape index (κ1) is 19.8. The van der Waals surface area contributed by atoms with Crippen LogP contribution in [0.1, 0.15) is 40.4 Å². The van der Waals surface area contributed by atoms with E-state index in [1.807, 2.05) is 0 Å². The molecule has 0 saturated carbocycles. The minimum absolute atomic E-state index is 0.196. The van der Waals surface area contributed by atoms with Gasteiger partial charge < -0.3 is 15.4 Å². The quantitative estimate of drug-likeness (QED) is 0.466. The Bertz CT molecular complexity index is 1430. The second-order valence-corrected chi connectivity index (χ2v) is 8.38. The van der Waals surface area contributed by atoms with Gasteiger partial charge in [-0.25, -0.2) is 9.97 Å². The molecule has 2 atom stereocenters. The lowest BCUT2D eigenvalue weighted by Crippen LogP contribution is -2.46. The highest BCUT2D eigenvalue weighted by atomic mass is 19.4. The Hall–Kier alpha value is -3.82. The summed E-state index contributed by atoms with van der Waals surface area (Å²) in [5, 5.41) is 0. The molecule has 10 heteroatoms. The molecule has 0 radical (unpaired) electrons. The normalized spacial score (nSPS) is 20.0. The lowest BCUT2D eigenvalue weighted by atomic mass is 9.88. The number of imidazole rings is 1. The summed E-state index contributed by atoms with van der Waals surface area (Å²) in [5.74, 6) is 0.346. The minimum Gasteiger partial charge on any atom is -0.490 e. The number of rotatable bonds is 1. The van der Waals surface area contributed by atoms with Gasteiger partial charge in [0.25, 0.3) is 5.91 Å². The van der Waals surface area contributed by atoms with Gasteiger partial charge >= 0.3 is 6.18 Å². The molecule has 7 nitrogen and oxygen atoms in total. The number of likely N-dealkylation sites (tertiary alicyclic amines) is 1. The highest BCUT2D eigenvalue weighted by Gasteiger charge is 2.41. The number of hydrogen-bond acceptors (Lipinski definition) is 5. The van der Waals surface area contributed by atoms with Crippen LogP contribution in [0, 0.1) is 0 Å². The molecule has 2 aromatic heterocycles. The van der Waals surface area contributed by atoms with Crippen LogP contribution in [0.25, 0.3) is 16.6 Å². The van der Waals surface area contributed by atoms with E-state index in [-0.39, 0.29) is 23.8 Å². The standard InChI is InChI=1S/C23H18F3N5O2/c24-23(25,26)13-2-3-15-17-9-14(33-20(15)8-13)5-6-30(17)22(32)12-1-4-16-18(7-12)31-11-28-10-19(31)21(27)29-16/h1-4,7-8,10-11,14,17H,5-6,9H2,(H2,27,29)/t14-,17+/m0/s1. The molecule has 2 aliphatic heterocycles. The lowest BCUT2D eigenvalue weighted by molar-refractivity contribution is -0.137. The number of fused-ring (bicyclic) bond motifs is 7. The second kappa shape index (κ2) is 6.84. The molecule has 2 aromatic carbocycles. The van der Waals surface area contributed by atoms with Gasteiger partial charge in [-0.1, -0.05) is 6.07 Å². The van der Waals surface area contributed by atoms with Gasteiger partial charge in [-0.3, -0.25) is 9.20 Å². The summed E-state index contributed by atoms with van der Waals surface area (Å²) in [6.45, 7) is 0.452. The molecule has 0 unspecified atom stereocenters. The molecule has 168 valence electrons. The SMILES string of the molecule is Nc1nc2ccc(C(=O)N3CC[C@H]4C[C@@H]3c3ccc(C(F)(F)F)cc3O4)cc2n2cncc12. The van der Waals surface area contributed by atoms with Gasteiger partial charge in [-0.05, 0) is 30.3 Å². The fourth-order valence-electron chi connectivity index (χ4n) is 4.82. The third-order valence-corrected chi connectivity index (χ3v) is 6.43. The molecule has 2 N–H and O–H groups in total. The topological polar surface area (TPSA) is 85.8 Å². The second-order valence-electron chi connectivity index (χ2n) is 8.38. The third kappa shape index (κ3) is 3.08. The van der Waals surface area contributed by atoms with Gasteiger partial charge in [0.15, 0.2) is 0 Å². The van der Waals surface area contributed by atoms with Gasteiger partial charge in [-0.15, -0.1) is 0 Å². The maximum absolute atomic E-state index is 13.6. The molecule has 0 spiro atoms. The minimum atomic E-state index is -4.46. The Balaban J connectivity index is 1.39. The fraction of sp³-hybridized carbons (Fsp3) is 0.261. The van der Waals surface area contributed by atoms with Gasteiger partial charge in [0.05, 0.1) is 35.2 Å². The van der Waals surface area contributed by atoms with Crippen molar-refractivity contribution in [1.82, 2.24) is 19.3 Å². The summed E-state index contributed by atoms with van der Waals surface area (Å²) >= 11 is 0. The number of carbonyl (C=O) groups excluding carboxylic acids is 1. The van der Waals surface area contributed by atoms with Gasteiger partial charge in [0.2, 0.25) is 0 Å². The first-order chi connectivity index (χ1) is 15.8. The Morgan fingerprint density at radius 2 is 2.00 bits per heavy atom. The average molecular weight is 453 g/mol. The lowest BCUT2D eigenvalue weighted by Gasteiger charge is -2.44. The number of nitrogens with zero attached hydrogens (tertiary/aromatic N) is 4. The molecule has 4 aromatic rings. The summed E-state index contributed by atoms with van der Waals surface area (Å²) in [4.78, 5) is 23.8. The Labute approximate surface area is 185 Å². The number of aromatic nitrogens is 3. The van der Waals surface area contributed by atoms with Crippen LogP contribution in [0.5, 0.6) is 5.75 Å². The van der Waals surface area contributed by atoms with Crippen LogP contribution in [-0.2, 0) is 6.18 Å². The molecule has 2 aliphatic rings. The highest BCUT2D eigenvalue weighted by molar-refractivity contribution is 5.98. The van der Waals surface area contributed by atoms with E-state index < -0.39 is 11.7 Å². The summed E-state index contributed by atoms with van der Waals surface area (Å²) in [5.41, 5.74) is 8.26. The maximum atomic E-state index is 13.6. The number of piperidine rings is 1. The van der Waals surface area contributed by atoms with E-state index in [9.17, 15) is 18.0 Å². The molecule has 33 heavy (non-hydrogen) atoms. The third-order valence-electron chi connectivity index (χ3n) is 6.43. The van der Waals surface area contributed by atoms with E-state index in [1.54, 1.807) is 40.0 Å². The highest BCUT2D eigenvalue weighted by Crippen LogP contribution is 2.45. The number of alkyl halides is 3. The zero-order valence-corrected chi connectivity index (χ0v) is 17.2. The van der Waals surface area contributed by atoms with Crippen LogP contribution in [-0.4, -0.2) is 37.8 Å². The van der Waals surface area contributed by atoms with Crippen LogP contribution >= 0.6 is 0 Å². The Morgan fingerprint density at radius 3 is 2.82 bits per heavy atom. The zero-order chi connectivity index (χ0) is 22.9. The monoisotopic (exact) mass is 453 g/mol. The molecule has 1 saturated heterocycles. The Morgan fingerprint density at radius 1 is 1.15 bits per heavy atom. The molecule has 2 bridgehead atoms. The zero-order valence-electron chi connectivity index (χ0n) is 17.2. The maximum Gasteiger partial charge on any atom is 0.416 e. The van der Waals surface area contributed by atoms with E-state index in [0.717, 1.165) is 12.1 Å². The van der Waals surface area contributed by atoms with Crippen molar-refractivity contribution in [2.24, 2.45) is 0 Å². The van der Waals surface area contributed by atoms with Gasteiger partial charge in [0, 0.05) is 30.5 Å². The van der Waals surface area contributed by atoms with Crippen LogP contribution in [0.3, 0.4) is 0 Å². The van der Waals surface area contributed by atoms with Gasteiger partial charge in [-0.2, -0.15) is 13.2 Å². The molecular weight excluding hydrogens is 435 g/mol. The number of halogens is 3. The molecular formula is C23H18F3N5O2. The predicted molar refractivity (Wildman–Crippen MR) is 114 cm³/mol. The molecule has 4 heterocycles. The number of ether oxygens (including phenoxy) is 1. The van der Waals surface area contributed by atoms with Crippen LogP contribution in [0.2, 0.25) is 0 Å². The Kier molecular flexibility index (Phi) is 4.11. The van der Waals surface area contributed by atoms with Crippen molar-refractivity contribution in [2.75, 3.05) is 12.3 Å². The van der Waals surface area contributed by atoms with Crippen molar-refractivity contribution in [1.29, 1.82) is 0 Å². The number of hydrogen-bond donors (Lipinski definition) is 1. The summed E-state index contributed by atoms with van der Waals surface area (Å²) < 4.78 is 47.1. The summed E-state index contributed by atoms with van der Waals surface area (Å²) in [6, 6.07) is 8.32. The number of nitrogen functional groups attached to an aromatic ring is 1. The number of nitrogens with two attached hydrogens (primary N) is 1. The van der Waals surface area contributed by atoms with E-state index in [2.05, 4.69) is 9.97 Å². The van der Waals surface area contributed by atoms with Crippen molar-refractivity contribution in [3.05, 3.63) is 65.6 Å². The van der Waals surface area contributed by atoms with Crippen LogP contribution < -0.4 is 10.5 Å². The van der Waals surface area contributed by atoms with Crippen LogP contribution in [0.15, 0.2) is 48.9 Å². The molecule has 6 rings (SSSR count). The van der Waals surface area contributed by atoms with E-state index >= 15 is 0 Å². The largest absolute Gasteiger partial charge is 0.490 e. The van der Waals surface area contributed by atoms with Crippen molar-refractivity contribution in [3.8, 4) is 5.75 Å². The van der Waals surface area contributed by atoms with Crippen molar-refractivity contribution < 1.29 is 22.7 Å². The first-order valence-electron chi connectivity index (χ1n) is 10.5. The summed E-state index contributed by atoms with van der Waals surface area (Å²) in [7, 11) is 0. The van der Waals surface area contributed by atoms with E-state index in [1.165, 1.54) is 6.07 Å². The molecule has 1 fully saturated rings. The number of benzene rings is 2. The average Bonchev–Trinajstić information content (AvgIpc) is 3.29. The number of amides is 1. The van der Waals surface area contributed by atoms with Crippen molar-refractivity contribution in [3.63, 3.8) is 0 Å². The fourth-order valence-corrected chi connectivity index (χ4v) is 4.82. The first-order valence-corrected chi connectivity index (χ1v) is 10.5. The van der Waals surface area contributed by atoms with Crippen LogP contribution in [0.4, 0.5) is 19.0 Å². The smallest absolute Gasteiger partial charge is 0.416 e. The van der Waals surface area contributed by atoms with Crippen molar-refractivity contribution in [2.45, 2.75) is 31.2 Å². The van der Waals surface area contributed by atoms with Gasteiger partial charge in [0.1, 0.15) is 23.2 Å². The molecule has 1 amide bonds. The van der Waals surface area contributed by atoms with Crippen molar-refractivity contribution >= 4 is 28.3 Å². The van der Waals surface area contributed by atoms with E-state index in [0.29, 0.717) is 52.9 Å². The number of anilines is 1. The molecule has 0 aliphatic carbocycles. The number of carbonyl (C=O) groups is 1.